The first-order valence-electron chi connectivity index (χ1n) is 14.2. The molecule has 2 aliphatic rings. The van der Waals surface area contributed by atoms with Crippen molar-refractivity contribution in [2.75, 3.05) is 26.3 Å². The van der Waals surface area contributed by atoms with Gasteiger partial charge in [-0.1, -0.05) is 46.8 Å². The summed E-state index contributed by atoms with van der Waals surface area (Å²) in [6.45, 7) is 12.7. The molecule has 0 aromatic heterocycles. The Morgan fingerprint density at radius 2 is 1.76 bits per heavy atom. The van der Waals surface area contributed by atoms with Crippen LogP contribution in [0.2, 0.25) is 0 Å². The summed E-state index contributed by atoms with van der Waals surface area (Å²) in [4.78, 5) is 27.7. The van der Waals surface area contributed by atoms with E-state index in [2.05, 4.69) is 0 Å². The number of benzene rings is 2. The van der Waals surface area contributed by atoms with E-state index in [9.17, 15) is 23.1 Å². The molecule has 2 unspecified atom stereocenters. The minimum atomic E-state index is -4.02. The quantitative estimate of drug-likeness (QED) is 0.307. The van der Waals surface area contributed by atoms with Crippen molar-refractivity contribution in [3.05, 3.63) is 53.1 Å². The first-order chi connectivity index (χ1) is 19.6. The fraction of sp³-hybridized carbons (Fsp3) is 0.548. The first-order valence-corrected chi connectivity index (χ1v) is 16.5. The average Bonchev–Trinajstić information content (AvgIpc) is 2.91. The third kappa shape index (κ3) is 7.30. The molecule has 2 aromatic rings. The Hall–Kier alpha value is -2.60. The van der Waals surface area contributed by atoms with Crippen LogP contribution in [0.1, 0.15) is 64.2 Å². The standard InChI is InChI=1S/C31H41NO8S2/c1-20(2)31(12-11-22-7-9-23(33)10-8-22)19-25(34)28(29(35)39-31)41-27-17-21(3)26(18-24(27)30(4,5)6)40-42(36,37)32-13-15-38-16-14-32/h7-10,17-18,20,28,33H,11-16,19H2,1-6H3. The van der Waals surface area contributed by atoms with E-state index >= 15 is 0 Å². The van der Waals surface area contributed by atoms with Crippen LogP contribution in [0.4, 0.5) is 0 Å². The van der Waals surface area contributed by atoms with E-state index in [4.69, 9.17) is 13.7 Å². The maximum atomic E-state index is 13.6. The summed E-state index contributed by atoms with van der Waals surface area (Å²) >= 11 is 1.15. The Bertz CT molecular complexity index is 1390. The SMILES string of the molecule is Cc1cc(SC2C(=O)CC(CCc3ccc(O)cc3)(C(C)C)OC2=O)c(C(C)(C)C)cc1OS(=O)(=O)N1CCOCC1. The van der Waals surface area contributed by atoms with Crippen molar-refractivity contribution in [1.29, 1.82) is 0 Å². The molecule has 0 aliphatic carbocycles. The van der Waals surface area contributed by atoms with Crippen molar-refractivity contribution in [1.82, 2.24) is 4.31 Å². The first kappa shape index (κ1) is 32.3. The summed E-state index contributed by atoms with van der Waals surface area (Å²) in [7, 11) is -4.02. The zero-order valence-electron chi connectivity index (χ0n) is 25.1. The fourth-order valence-electron chi connectivity index (χ4n) is 5.19. The third-order valence-corrected chi connectivity index (χ3v) is 10.6. The van der Waals surface area contributed by atoms with Crippen molar-refractivity contribution in [3.63, 3.8) is 0 Å². The van der Waals surface area contributed by atoms with Gasteiger partial charge in [-0.2, -0.15) is 12.7 Å². The second kappa shape index (κ2) is 12.6. The van der Waals surface area contributed by atoms with Gasteiger partial charge in [0.25, 0.3) is 0 Å². The number of esters is 1. The molecular formula is C31H41NO8S2. The van der Waals surface area contributed by atoms with E-state index in [1.165, 1.54) is 4.31 Å². The molecule has 2 atom stereocenters. The van der Waals surface area contributed by atoms with Crippen LogP contribution in [0.15, 0.2) is 41.3 Å². The summed E-state index contributed by atoms with van der Waals surface area (Å²) in [6.07, 6.45) is 1.19. The molecule has 2 aliphatic heterocycles. The number of phenols is 1. The molecular weight excluding hydrogens is 578 g/mol. The van der Waals surface area contributed by atoms with Gasteiger partial charge >= 0.3 is 16.3 Å². The molecule has 0 spiro atoms. The minimum absolute atomic E-state index is 0.0781. The summed E-state index contributed by atoms with van der Waals surface area (Å²) in [5.41, 5.74) is 0.959. The number of nitrogens with zero attached hydrogens (tertiary/aromatic N) is 1. The molecule has 0 saturated carbocycles. The highest BCUT2D eigenvalue weighted by molar-refractivity contribution is 8.01. The lowest BCUT2D eigenvalue weighted by Crippen LogP contribution is -2.52. The van der Waals surface area contributed by atoms with Crippen LogP contribution in [0.5, 0.6) is 11.5 Å². The van der Waals surface area contributed by atoms with Crippen LogP contribution in [-0.4, -0.2) is 66.7 Å². The Morgan fingerprint density at radius 1 is 1.12 bits per heavy atom. The predicted octanol–water partition coefficient (Wildman–Crippen LogP) is 4.96. The van der Waals surface area contributed by atoms with E-state index < -0.39 is 32.5 Å². The van der Waals surface area contributed by atoms with E-state index in [1.54, 1.807) is 31.2 Å². The molecule has 0 radical (unpaired) electrons. The van der Waals surface area contributed by atoms with Gasteiger partial charge < -0.3 is 18.8 Å². The fourth-order valence-corrected chi connectivity index (χ4v) is 7.65. The zero-order valence-corrected chi connectivity index (χ0v) is 26.8. The van der Waals surface area contributed by atoms with Gasteiger partial charge in [0.1, 0.15) is 17.1 Å². The van der Waals surface area contributed by atoms with Crippen LogP contribution in [-0.2, 0) is 41.2 Å². The number of morpholine rings is 1. The Labute approximate surface area is 253 Å². The van der Waals surface area contributed by atoms with E-state index in [0.29, 0.717) is 36.5 Å². The normalized spacial score (nSPS) is 22.3. The summed E-state index contributed by atoms with van der Waals surface area (Å²) in [5, 5.41) is 8.55. The zero-order chi connectivity index (χ0) is 30.9. The molecule has 42 heavy (non-hydrogen) atoms. The van der Waals surface area contributed by atoms with Crippen molar-refractivity contribution < 1.29 is 36.8 Å². The number of hydrogen-bond acceptors (Lipinski definition) is 9. The highest BCUT2D eigenvalue weighted by atomic mass is 32.2. The van der Waals surface area contributed by atoms with Crippen molar-refractivity contribution >= 4 is 33.8 Å². The van der Waals surface area contributed by atoms with Crippen molar-refractivity contribution in [2.24, 2.45) is 5.92 Å². The number of cyclic esters (lactones) is 1. The number of ketones is 1. The van der Waals surface area contributed by atoms with Gasteiger partial charge in [-0.25, -0.2) is 0 Å². The molecule has 2 saturated heterocycles. The molecule has 0 bridgehead atoms. The number of ether oxygens (including phenoxy) is 2. The maximum Gasteiger partial charge on any atom is 0.385 e. The van der Waals surface area contributed by atoms with Gasteiger partial charge in [0.05, 0.1) is 13.2 Å². The lowest BCUT2D eigenvalue weighted by molar-refractivity contribution is -0.176. The number of rotatable bonds is 9. The topological polar surface area (TPSA) is 119 Å². The number of phenolic OH excluding ortho intramolecular Hbond substituents is 1. The van der Waals surface area contributed by atoms with Crippen LogP contribution >= 0.6 is 11.8 Å². The second-order valence-electron chi connectivity index (χ2n) is 12.4. The Kier molecular flexibility index (Phi) is 9.66. The summed E-state index contributed by atoms with van der Waals surface area (Å²) in [5.74, 6) is -0.446. The van der Waals surface area contributed by atoms with E-state index in [-0.39, 0.29) is 42.7 Å². The smallest absolute Gasteiger partial charge is 0.385 e. The molecule has 4 rings (SSSR count). The number of carbonyl (C=O) groups is 2. The molecule has 11 heteroatoms. The van der Waals surface area contributed by atoms with Crippen molar-refractivity contribution in [3.8, 4) is 11.5 Å². The summed E-state index contributed by atoms with van der Waals surface area (Å²) in [6, 6.07) is 10.4. The molecule has 0 amide bonds. The van der Waals surface area contributed by atoms with Gasteiger partial charge in [-0.3, -0.25) is 9.59 Å². The molecule has 230 valence electrons. The van der Waals surface area contributed by atoms with Gasteiger partial charge in [0.2, 0.25) is 0 Å². The number of aromatic hydroxyl groups is 1. The van der Waals surface area contributed by atoms with Crippen LogP contribution in [0, 0.1) is 12.8 Å². The lowest BCUT2D eigenvalue weighted by Gasteiger charge is -2.41. The van der Waals surface area contributed by atoms with Crippen LogP contribution in [0.3, 0.4) is 0 Å². The molecule has 9 nitrogen and oxygen atoms in total. The number of carbonyl (C=O) groups excluding carboxylic acids is 2. The predicted molar refractivity (Wildman–Crippen MR) is 161 cm³/mol. The Balaban J connectivity index is 1.56. The Morgan fingerprint density at radius 3 is 2.33 bits per heavy atom. The molecule has 2 aromatic carbocycles. The average molecular weight is 620 g/mol. The lowest BCUT2D eigenvalue weighted by atomic mass is 9.78. The molecule has 2 heterocycles. The van der Waals surface area contributed by atoms with Gasteiger partial charge in [0.15, 0.2) is 11.0 Å². The van der Waals surface area contributed by atoms with Crippen LogP contribution < -0.4 is 4.18 Å². The number of Topliss-reactive ketones (excluding diaryl/α,β-unsaturated/α-hetero) is 1. The number of hydrogen-bond donors (Lipinski definition) is 1. The second-order valence-corrected chi connectivity index (χ2v) is 15.0. The summed E-state index contributed by atoms with van der Waals surface area (Å²) < 4.78 is 44.1. The number of aryl methyl sites for hydroxylation is 2. The minimum Gasteiger partial charge on any atom is -0.508 e. The molecule has 1 N–H and O–H groups in total. The van der Waals surface area contributed by atoms with E-state index in [0.717, 1.165) is 22.9 Å². The van der Waals surface area contributed by atoms with Gasteiger partial charge in [-0.15, -0.1) is 11.8 Å². The van der Waals surface area contributed by atoms with Gasteiger partial charge in [0, 0.05) is 24.4 Å². The highest BCUT2D eigenvalue weighted by Gasteiger charge is 2.49. The monoisotopic (exact) mass is 619 g/mol. The molecule has 2 fully saturated rings. The highest BCUT2D eigenvalue weighted by Crippen LogP contribution is 2.44. The third-order valence-electron chi connectivity index (χ3n) is 7.92. The van der Waals surface area contributed by atoms with Crippen LogP contribution in [0.25, 0.3) is 0 Å². The maximum absolute atomic E-state index is 13.6. The van der Waals surface area contributed by atoms with Gasteiger partial charge in [-0.05, 0) is 72.1 Å². The van der Waals surface area contributed by atoms with E-state index in [1.807, 2.05) is 46.8 Å². The van der Waals surface area contributed by atoms with Crippen molar-refractivity contribution in [2.45, 2.75) is 82.0 Å². The number of thioether (sulfide) groups is 1. The largest absolute Gasteiger partial charge is 0.508 e.